The predicted octanol–water partition coefficient (Wildman–Crippen LogP) is 3.08. The summed E-state index contributed by atoms with van der Waals surface area (Å²) in [5.74, 6) is 0.796. The number of benzene rings is 1. The molecule has 0 spiro atoms. The topological polar surface area (TPSA) is 36.0 Å². The number of likely N-dealkylation sites (tertiary alicyclic amines) is 1. The van der Waals surface area contributed by atoms with Crippen molar-refractivity contribution in [2.24, 2.45) is 5.92 Å². The van der Waals surface area contributed by atoms with Gasteiger partial charge >= 0.3 is 0 Å². The molecule has 0 saturated carbocycles. The highest BCUT2D eigenvalue weighted by Crippen LogP contribution is 2.19. The van der Waals surface area contributed by atoms with Crippen LogP contribution in [0.2, 0.25) is 5.02 Å². The Morgan fingerprint density at radius 1 is 1.22 bits per heavy atom. The van der Waals surface area contributed by atoms with Gasteiger partial charge in [-0.05, 0) is 55.8 Å². The molecule has 2 saturated heterocycles. The lowest BCUT2D eigenvalue weighted by Crippen LogP contribution is -2.42. The average molecular weight is 394 g/mol. The van der Waals surface area contributed by atoms with Crippen molar-refractivity contribution in [2.75, 3.05) is 52.9 Å². The lowest BCUT2D eigenvalue weighted by atomic mass is 9.97. The van der Waals surface area contributed by atoms with Crippen molar-refractivity contribution in [3.05, 3.63) is 34.9 Å². The molecule has 0 aromatic heterocycles. The molecule has 2 aliphatic heterocycles. The van der Waals surface area contributed by atoms with Gasteiger partial charge in [0.25, 0.3) is 0 Å². The van der Waals surface area contributed by atoms with Crippen molar-refractivity contribution in [3.8, 4) is 0 Å². The maximum Gasteiger partial charge on any atom is 0.223 e. The molecular formula is C21H32ClN3O2. The SMILES string of the molecule is CN(CC1CCCN(CCc2ccc(Cl)cc2)C1)C(=O)CCN1CCCO1. The van der Waals surface area contributed by atoms with Crippen molar-refractivity contribution in [2.45, 2.75) is 32.1 Å². The molecule has 6 heteroatoms. The van der Waals surface area contributed by atoms with Crippen LogP contribution in [-0.4, -0.2) is 73.7 Å². The van der Waals surface area contributed by atoms with Gasteiger partial charge in [0.1, 0.15) is 0 Å². The van der Waals surface area contributed by atoms with Gasteiger partial charge in [-0.25, -0.2) is 0 Å². The lowest BCUT2D eigenvalue weighted by molar-refractivity contribution is -0.138. The first kappa shape index (κ1) is 20.6. The van der Waals surface area contributed by atoms with Gasteiger partial charge in [-0.2, -0.15) is 5.06 Å². The Hall–Kier alpha value is -1.14. The van der Waals surface area contributed by atoms with E-state index in [4.69, 9.17) is 16.4 Å². The van der Waals surface area contributed by atoms with Crippen molar-refractivity contribution < 1.29 is 9.63 Å². The van der Waals surface area contributed by atoms with Gasteiger partial charge in [-0.15, -0.1) is 0 Å². The van der Waals surface area contributed by atoms with E-state index in [2.05, 4.69) is 17.0 Å². The fraction of sp³-hybridized carbons (Fsp3) is 0.667. The number of piperidine rings is 1. The second-order valence-electron chi connectivity index (χ2n) is 7.83. The summed E-state index contributed by atoms with van der Waals surface area (Å²) in [7, 11) is 1.94. The molecule has 2 heterocycles. The molecule has 0 N–H and O–H groups in total. The third kappa shape index (κ3) is 6.75. The van der Waals surface area contributed by atoms with E-state index in [1.165, 1.54) is 18.4 Å². The van der Waals surface area contributed by atoms with Gasteiger partial charge in [-0.3, -0.25) is 9.63 Å². The average Bonchev–Trinajstić information content (AvgIpc) is 3.19. The molecule has 1 unspecified atom stereocenters. The molecule has 1 aromatic rings. The molecule has 3 rings (SSSR count). The summed E-state index contributed by atoms with van der Waals surface area (Å²) in [5, 5.41) is 2.71. The van der Waals surface area contributed by atoms with Gasteiger partial charge in [0.2, 0.25) is 5.91 Å². The highest BCUT2D eigenvalue weighted by molar-refractivity contribution is 6.30. The van der Waals surface area contributed by atoms with E-state index in [0.717, 1.165) is 57.2 Å². The van der Waals surface area contributed by atoms with Crippen LogP contribution in [0.5, 0.6) is 0 Å². The molecular weight excluding hydrogens is 362 g/mol. The Labute approximate surface area is 168 Å². The largest absolute Gasteiger partial charge is 0.345 e. The van der Waals surface area contributed by atoms with Gasteiger partial charge in [0.05, 0.1) is 6.61 Å². The van der Waals surface area contributed by atoms with Crippen LogP contribution in [-0.2, 0) is 16.1 Å². The fourth-order valence-corrected chi connectivity index (χ4v) is 4.14. The first-order valence-electron chi connectivity index (χ1n) is 10.2. The summed E-state index contributed by atoms with van der Waals surface area (Å²) >= 11 is 5.96. The third-order valence-electron chi connectivity index (χ3n) is 5.59. The molecule has 27 heavy (non-hydrogen) atoms. The number of hydroxylamine groups is 2. The zero-order valence-electron chi connectivity index (χ0n) is 16.4. The predicted molar refractivity (Wildman–Crippen MR) is 109 cm³/mol. The van der Waals surface area contributed by atoms with Crippen molar-refractivity contribution in [1.29, 1.82) is 0 Å². The maximum absolute atomic E-state index is 12.4. The number of hydrogen-bond acceptors (Lipinski definition) is 4. The van der Waals surface area contributed by atoms with Crippen molar-refractivity contribution >= 4 is 17.5 Å². The summed E-state index contributed by atoms with van der Waals surface area (Å²) in [6, 6.07) is 8.15. The van der Waals surface area contributed by atoms with Gasteiger partial charge in [0.15, 0.2) is 0 Å². The normalized spacial score (nSPS) is 21.5. The van der Waals surface area contributed by atoms with E-state index in [-0.39, 0.29) is 5.91 Å². The molecule has 2 fully saturated rings. The minimum atomic E-state index is 0.226. The Morgan fingerprint density at radius 2 is 2.04 bits per heavy atom. The fourth-order valence-electron chi connectivity index (χ4n) is 4.02. The smallest absolute Gasteiger partial charge is 0.223 e. The Bertz CT molecular complexity index is 590. The molecule has 0 aliphatic carbocycles. The lowest BCUT2D eigenvalue weighted by Gasteiger charge is -2.35. The molecule has 1 atom stereocenters. The Balaban J connectivity index is 1.37. The standard InChI is InChI=1S/C21H32ClN3O2/c1-23(21(26)10-14-25-12-3-15-27-25)16-19-4-2-11-24(17-19)13-9-18-5-7-20(22)8-6-18/h5-8,19H,2-4,9-17H2,1H3. The van der Waals surface area contributed by atoms with E-state index in [1.54, 1.807) is 0 Å². The van der Waals surface area contributed by atoms with Crippen LogP contribution in [0.25, 0.3) is 0 Å². The van der Waals surface area contributed by atoms with Gasteiger partial charge in [-0.1, -0.05) is 23.7 Å². The monoisotopic (exact) mass is 393 g/mol. The number of nitrogens with zero attached hydrogens (tertiary/aromatic N) is 3. The van der Waals surface area contributed by atoms with Crippen molar-refractivity contribution in [3.63, 3.8) is 0 Å². The number of carbonyl (C=O) groups excluding carboxylic acids is 1. The third-order valence-corrected chi connectivity index (χ3v) is 5.84. The molecule has 150 valence electrons. The van der Waals surface area contributed by atoms with Crippen LogP contribution in [0, 0.1) is 5.92 Å². The minimum absolute atomic E-state index is 0.226. The number of carbonyl (C=O) groups is 1. The van der Waals surface area contributed by atoms with E-state index < -0.39 is 0 Å². The van der Waals surface area contributed by atoms with E-state index in [0.29, 0.717) is 18.9 Å². The zero-order valence-corrected chi connectivity index (χ0v) is 17.2. The Kier molecular flexibility index (Phi) is 7.94. The van der Waals surface area contributed by atoms with Crippen LogP contribution in [0.4, 0.5) is 0 Å². The molecule has 5 nitrogen and oxygen atoms in total. The summed E-state index contributed by atoms with van der Waals surface area (Å²) in [6.07, 6.45) is 5.09. The molecule has 0 bridgehead atoms. The maximum atomic E-state index is 12.4. The van der Waals surface area contributed by atoms with Crippen LogP contribution in [0.3, 0.4) is 0 Å². The van der Waals surface area contributed by atoms with Crippen LogP contribution in [0.1, 0.15) is 31.2 Å². The first-order valence-corrected chi connectivity index (χ1v) is 10.6. The summed E-state index contributed by atoms with van der Waals surface area (Å²) in [5.41, 5.74) is 1.33. The second kappa shape index (κ2) is 10.4. The highest BCUT2D eigenvalue weighted by Gasteiger charge is 2.23. The molecule has 1 aromatic carbocycles. The van der Waals surface area contributed by atoms with E-state index in [1.807, 2.05) is 29.1 Å². The summed E-state index contributed by atoms with van der Waals surface area (Å²) in [4.78, 5) is 22.3. The number of halogens is 1. The van der Waals surface area contributed by atoms with Crippen molar-refractivity contribution in [1.82, 2.24) is 14.9 Å². The van der Waals surface area contributed by atoms with Gasteiger partial charge in [0, 0.05) is 51.2 Å². The number of hydrogen-bond donors (Lipinski definition) is 0. The molecule has 0 radical (unpaired) electrons. The van der Waals surface area contributed by atoms with E-state index >= 15 is 0 Å². The Morgan fingerprint density at radius 3 is 2.78 bits per heavy atom. The number of rotatable bonds is 8. The van der Waals surface area contributed by atoms with Gasteiger partial charge < -0.3 is 9.80 Å². The second-order valence-corrected chi connectivity index (χ2v) is 8.26. The zero-order chi connectivity index (χ0) is 19.1. The molecule has 2 aliphatic rings. The van der Waals surface area contributed by atoms with Crippen LogP contribution in [0.15, 0.2) is 24.3 Å². The van der Waals surface area contributed by atoms with Crippen LogP contribution < -0.4 is 0 Å². The highest BCUT2D eigenvalue weighted by atomic mass is 35.5. The summed E-state index contributed by atoms with van der Waals surface area (Å²) in [6.45, 7) is 6.62. The minimum Gasteiger partial charge on any atom is -0.345 e. The summed E-state index contributed by atoms with van der Waals surface area (Å²) < 4.78 is 0. The van der Waals surface area contributed by atoms with E-state index in [9.17, 15) is 4.79 Å². The van der Waals surface area contributed by atoms with Crippen LogP contribution >= 0.6 is 11.6 Å². The quantitative estimate of drug-likeness (QED) is 0.680. The first-order chi connectivity index (χ1) is 13.1. The molecule has 1 amide bonds. The number of amides is 1.